The van der Waals surface area contributed by atoms with Crippen LogP contribution in [0, 0.1) is 6.92 Å². The maximum atomic E-state index is 12.3. The lowest BCUT2D eigenvalue weighted by Crippen LogP contribution is -2.27. The molecule has 3 rings (SSSR count). The molecule has 1 amide bonds. The largest absolute Gasteiger partial charge is 0.441 e. The Hall–Kier alpha value is -2.71. The Labute approximate surface area is 164 Å². The molecule has 0 aliphatic heterocycles. The monoisotopic (exact) mass is 401 g/mol. The number of aromatic nitrogens is 1. The minimum Gasteiger partial charge on any atom is -0.441 e. The summed E-state index contributed by atoms with van der Waals surface area (Å²) in [6, 6.07) is 11.9. The van der Waals surface area contributed by atoms with E-state index in [1.165, 1.54) is 0 Å². The summed E-state index contributed by atoms with van der Waals surface area (Å²) in [6.07, 6.45) is 0.0131. The third-order valence-electron chi connectivity index (χ3n) is 4.28. The molecule has 0 unspecified atom stereocenters. The van der Waals surface area contributed by atoms with Crippen molar-refractivity contribution in [2.45, 2.75) is 38.0 Å². The first-order valence-electron chi connectivity index (χ1n) is 9.01. The number of fused-ring (bicyclic) bond motifs is 1. The number of anilines is 1. The van der Waals surface area contributed by atoms with E-state index in [4.69, 9.17) is 4.42 Å². The van der Waals surface area contributed by atoms with Crippen LogP contribution in [0.5, 0.6) is 0 Å². The number of nitrogens with zero attached hydrogens (tertiary/aromatic N) is 1. The van der Waals surface area contributed by atoms with Crippen LogP contribution in [-0.2, 0) is 14.8 Å². The van der Waals surface area contributed by atoms with E-state index in [1.807, 2.05) is 13.8 Å². The second-order valence-electron chi connectivity index (χ2n) is 6.84. The van der Waals surface area contributed by atoms with Gasteiger partial charge in [0.1, 0.15) is 5.52 Å². The van der Waals surface area contributed by atoms with Gasteiger partial charge in [-0.2, -0.15) is 0 Å². The maximum Gasteiger partial charge on any atom is 0.240 e. The minimum absolute atomic E-state index is 0.00537. The number of carbonyl (C=O) groups is 1. The molecule has 0 fully saturated rings. The van der Waals surface area contributed by atoms with E-state index >= 15 is 0 Å². The first kappa shape index (κ1) is 20.0. The van der Waals surface area contributed by atoms with Crippen LogP contribution < -0.4 is 10.0 Å². The molecule has 2 N–H and O–H groups in total. The topological polar surface area (TPSA) is 101 Å². The van der Waals surface area contributed by atoms with Crippen LogP contribution in [0.3, 0.4) is 0 Å². The minimum atomic E-state index is -3.65. The molecule has 0 spiro atoms. The van der Waals surface area contributed by atoms with Crippen LogP contribution in [-0.4, -0.2) is 25.9 Å². The third-order valence-corrected chi connectivity index (χ3v) is 5.76. The Morgan fingerprint density at radius 1 is 1.14 bits per heavy atom. The highest BCUT2D eigenvalue weighted by Crippen LogP contribution is 2.20. The predicted molar refractivity (Wildman–Crippen MR) is 108 cm³/mol. The van der Waals surface area contributed by atoms with Crippen LogP contribution in [0.4, 0.5) is 5.69 Å². The number of carbonyl (C=O) groups excluding carboxylic acids is 1. The van der Waals surface area contributed by atoms with Gasteiger partial charge >= 0.3 is 0 Å². The average Bonchev–Trinajstić information content (AvgIpc) is 3.01. The van der Waals surface area contributed by atoms with Gasteiger partial charge in [0.15, 0.2) is 11.5 Å². The Morgan fingerprint density at radius 3 is 2.54 bits per heavy atom. The number of rotatable bonds is 7. The Morgan fingerprint density at radius 2 is 1.86 bits per heavy atom. The summed E-state index contributed by atoms with van der Waals surface area (Å²) >= 11 is 0. The van der Waals surface area contributed by atoms with E-state index in [0.717, 1.165) is 5.56 Å². The molecule has 2 aromatic carbocycles. The standard InChI is InChI=1S/C20H23N3O4S/c1-13(2)15-4-7-17(8-5-15)28(25,26)21-11-10-20(24)23-16-6-9-19-18(12-16)22-14(3)27-19/h4-9,12-13,21H,10-11H2,1-3H3,(H,23,24). The van der Waals surface area contributed by atoms with Gasteiger partial charge in [-0.3, -0.25) is 4.79 Å². The van der Waals surface area contributed by atoms with Gasteiger partial charge in [0.25, 0.3) is 0 Å². The summed E-state index contributed by atoms with van der Waals surface area (Å²) in [5.74, 6) is 0.584. The summed E-state index contributed by atoms with van der Waals surface area (Å²) in [5, 5.41) is 2.73. The number of benzene rings is 2. The molecule has 0 bridgehead atoms. The zero-order valence-electron chi connectivity index (χ0n) is 16.0. The first-order valence-corrected chi connectivity index (χ1v) is 10.5. The molecule has 3 aromatic rings. The molecule has 0 atom stereocenters. The van der Waals surface area contributed by atoms with Gasteiger partial charge < -0.3 is 9.73 Å². The quantitative estimate of drug-likeness (QED) is 0.630. The van der Waals surface area contributed by atoms with Gasteiger partial charge in [-0.1, -0.05) is 26.0 Å². The highest BCUT2D eigenvalue weighted by atomic mass is 32.2. The van der Waals surface area contributed by atoms with Gasteiger partial charge in [0, 0.05) is 25.6 Å². The number of hydrogen-bond donors (Lipinski definition) is 2. The van der Waals surface area contributed by atoms with E-state index < -0.39 is 10.0 Å². The first-order chi connectivity index (χ1) is 13.2. The van der Waals surface area contributed by atoms with E-state index in [9.17, 15) is 13.2 Å². The molecule has 28 heavy (non-hydrogen) atoms. The third kappa shape index (κ3) is 4.76. The number of hydrogen-bond acceptors (Lipinski definition) is 5. The summed E-state index contributed by atoms with van der Waals surface area (Å²) in [7, 11) is -3.65. The van der Waals surface area contributed by atoms with Gasteiger partial charge in [-0.05, 0) is 41.8 Å². The Bertz CT molecular complexity index is 1090. The molecule has 148 valence electrons. The Balaban J connectivity index is 1.54. The number of nitrogens with one attached hydrogen (secondary N) is 2. The molecule has 0 aliphatic rings. The molecule has 1 aromatic heterocycles. The summed E-state index contributed by atoms with van der Waals surface area (Å²) in [5.41, 5.74) is 2.95. The van der Waals surface area contributed by atoms with Crippen LogP contribution in [0.1, 0.15) is 37.6 Å². The molecule has 7 nitrogen and oxygen atoms in total. The van der Waals surface area contributed by atoms with Gasteiger partial charge in [0.05, 0.1) is 4.90 Å². The van der Waals surface area contributed by atoms with E-state index in [1.54, 1.807) is 49.4 Å². The molecule has 0 aliphatic carbocycles. The number of oxazole rings is 1. The van der Waals surface area contributed by atoms with Crippen molar-refractivity contribution in [1.82, 2.24) is 9.71 Å². The van der Waals surface area contributed by atoms with Crippen molar-refractivity contribution in [2.24, 2.45) is 0 Å². The second-order valence-corrected chi connectivity index (χ2v) is 8.60. The zero-order valence-corrected chi connectivity index (χ0v) is 16.8. The summed E-state index contributed by atoms with van der Waals surface area (Å²) < 4.78 is 32.5. The summed E-state index contributed by atoms with van der Waals surface area (Å²) in [6.45, 7) is 5.84. The van der Waals surface area contributed by atoms with Crippen LogP contribution in [0.15, 0.2) is 51.8 Å². The van der Waals surface area contributed by atoms with Crippen molar-refractivity contribution in [1.29, 1.82) is 0 Å². The fraction of sp³-hybridized carbons (Fsp3) is 0.300. The molecule has 0 saturated carbocycles. The lowest BCUT2D eigenvalue weighted by Gasteiger charge is -2.09. The molecular formula is C20H23N3O4S. The smallest absolute Gasteiger partial charge is 0.240 e. The SMILES string of the molecule is Cc1nc2cc(NC(=O)CCNS(=O)(=O)c3ccc(C(C)C)cc3)ccc2o1. The van der Waals surface area contributed by atoms with Crippen molar-refractivity contribution in [3.63, 3.8) is 0 Å². The van der Waals surface area contributed by atoms with Crippen LogP contribution >= 0.6 is 0 Å². The predicted octanol–water partition coefficient (Wildman–Crippen LogP) is 3.57. The number of sulfonamides is 1. The Kier molecular flexibility index (Phi) is 5.81. The van der Waals surface area contributed by atoms with Gasteiger partial charge in [-0.25, -0.2) is 18.1 Å². The van der Waals surface area contributed by atoms with Gasteiger partial charge in [0.2, 0.25) is 15.9 Å². The van der Waals surface area contributed by atoms with Crippen molar-refractivity contribution in [2.75, 3.05) is 11.9 Å². The second kappa shape index (κ2) is 8.12. The fourth-order valence-electron chi connectivity index (χ4n) is 2.76. The lowest BCUT2D eigenvalue weighted by molar-refractivity contribution is -0.116. The van der Waals surface area contributed by atoms with Crippen molar-refractivity contribution in [3.8, 4) is 0 Å². The molecule has 0 radical (unpaired) electrons. The molecule has 8 heteroatoms. The molecular weight excluding hydrogens is 378 g/mol. The van der Waals surface area contributed by atoms with E-state index in [-0.39, 0.29) is 23.8 Å². The molecule has 0 saturated heterocycles. The fourth-order valence-corrected chi connectivity index (χ4v) is 3.79. The van der Waals surface area contributed by atoms with Crippen molar-refractivity contribution < 1.29 is 17.6 Å². The zero-order chi connectivity index (χ0) is 20.3. The van der Waals surface area contributed by atoms with Crippen molar-refractivity contribution >= 4 is 32.7 Å². The number of amides is 1. The van der Waals surface area contributed by atoms with E-state index in [2.05, 4.69) is 15.0 Å². The molecule has 1 heterocycles. The average molecular weight is 401 g/mol. The highest BCUT2D eigenvalue weighted by molar-refractivity contribution is 7.89. The van der Waals surface area contributed by atoms with Crippen molar-refractivity contribution in [3.05, 3.63) is 53.9 Å². The van der Waals surface area contributed by atoms with Crippen LogP contribution in [0.2, 0.25) is 0 Å². The maximum absolute atomic E-state index is 12.3. The lowest BCUT2D eigenvalue weighted by atomic mass is 10.0. The number of aryl methyl sites for hydroxylation is 1. The summed E-state index contributed by atoms with van der Waals surface area (Å²) in [4.78, 5) is 16.5. The highest BCUT2D eigenvalue weighted by Gasteiger charge is 2.15. The van der Waals surface area contributed by atoms with E-state index in [0.29, 0.717) is 28.6 Å². The normalized spacial score (nSPS) is 11.9. The van der Waals surface area contributed by atoms with Crippen LogP contribution in [0.25, 0.3) is 11.1 Å². The van der Waals surface area contributed by atoms with Gasteiger partial charge in [-0.15, -0.1) is 0 Å².